The zero-order valence-electron chi connectivity index (χ0n) is 13.1. The average molecular weight is 294 g/mol. The molecule has 0 aromatic carbocycles. The normalized spacial score (nSPS) is 14.9. The van der Waals surface area contributed by atoms with Crippen molar-refractivity contribution < 1.29 is 18.8 Å². The van der Waals surface area contributed by atoms with Gasteiger partial charge in [0.15, 0.2) is 0 Å². The average Bonchev–Trinajstić information content (AvgIpc) is 2.24. The van der Waals surface area contributed by atoms with E-state index in [9.17, 15) is 9.77 Å². The van der Waals surface area contributed by atoms with Crippen molar-refractivity contribution in [2.45, 2.75) is 60.2 Å². The van der Waals surface area contributed by atoms with Crippen molar-refractivity contribution in [1.29, 1.82) is 0 Å². The summed E-state index contributed by atoms with van der Waals surface area (Å²) in [7, 11) is -3.43. The van der Waals surface area contributed by atoms with Crippen LogP contribution < -0.4 is 0 Å². The molecule has 1 atom stereocenters. The van der Waals surface area contributed by atoms with Crippen LogP contribution in [0.2, 0.25) is 0 Å². The van der Waals surface area contributed by atoms with Gasteiger partial charge < -0.3 is 9.05 Å². The van der Waals surface area contributed by atoms with Gasteiger partial charge in [-0.1, -0.05) is 34.1 Å². The van der Waals surface area contributed by atoms with Gasteiger partial charge in [0.25, 0.3) is 0 Å². The zero-order valence-corrected chi connectivity index (χ0v) is 14.0. The molecular formula is C13H29NO4P. The molecule has 0 aromatic heterocycles. The minimum atomic E-state index is -3.43. The van der Waals surface area contributed by atoms with Crippen LogP contribution in [0.15, 0.2) is 0 Å². The van der Waals surface area contributed by atoms with Crippen LogP contribution in [0.25, 0.3) is 0 Å². The molecule has 0 saturated heterocycles. The van der Waals surface area contributed by atoms with E-state index < -0.39 is 18.8 Å². The Morgan fingerprint density at radius 2 is 1.58 bits per heavy atom. The molecule has 5 nitrogen and oxygen atoms in total. The molecule has 19 heavy (non-hydrogen) atoms. The Morgan fingerprint density at radius 1 is 1.11 bits per heavy atom. The number of unbranched alkanes of at least 4 members (excludes halogenated alkanes) is 1. The topological polar surface area (TPSA) is 58.7 Å². The lowest BCUT2D eigenvalue weighted by molar-refractivity contribution is -0.191. The van der Waals surface area contributed by atoms with Gasteiger partial charge in [-0.05, 0) is 25.7 Å². The van der Waals surface area contributed by atoms with Gasteiger partial charge in [-0.3, -0.25) is 4.57 Å². The summed E-state index contributed by atoms with van der Waals surface area (Å²) in [5.41, 5.74) is -0.477. The summed E-state index contributed by atoms with van der Waals surface area (Å²) in [5.74, 6) is -0.772. The van der Waals surface area contributed by atoms with Crippen molar-refractivity contribution >= 4 is 7.60 Å². The lowest BCUT2D eigenvalue weighted by atomic mass is 9.96. The smallest absolute Gasteiger partial charge is 0.308 e. The van der Waals surface area contributed by atoms with E-state index in [4.69, 9.17) is 9.05 Å². The van der Waals surface area contributed by atoms with E-state index in [-0.39, 0.29) is 13.2 Å². The predicted molar refractivity (Wildman–Crippen MR) is 76.4 cm³/mol. The third-order valence-corrected chi connectivity index (χ3v) is 5.56. The third kappa shape index (κ3) is 5.92. The fourth-order valence-electron chi connectivity index (χ4n) is 2.04. The number of rotatable bonds is 9. The van der Waals surface area contributed by atoms with Gasteiger partial charge in [-0.2, -0.15) is 0 Å². The molecule has 0 bridgehead atoms. The van der Waals surface area contributed by atoms with Crippen molar-refractivity contribution in [3.05, 3.63) is 0 Å². The highest BCUT2D eigenvalue weighted by molar-refractivity contribution is 7.54. The Morgan fingerprint density at radius 3 is 1.89 bits per heavy atom. The molecule has 0 amide bonds. The van der Waals surface area contributed by atoms with Crippen molar-refractivity contribution in [3.8, 4) is 0 Å². The maximum absolute atomic E-state index is 12.9. The lowest BCUT2D eigenvalue weighted by Gasteiger charge is -2.38. The van der Waals surface area contributed by atoms with Gasteiger partial charge in [0.05, 0.1) is 13.2 Å². The van der Waals surface area contributed by atoms with Gasteiger partial charge in [0, 0.05) is 6.54 Å². The fourth-order valence-corrected chi connectivity index (χ4v) is 4.49. The maximum Gasteiger partial charge on any atom is 0.350 e. The van der Waals surface area contributed by atoms with Crippen molar-refractivity contribution in [2.75, 3.05) is 19.8 Å². The molecule has 6 heteroatoms. The molecule has 0 heterocycles. The van der Waals surface area contributed by atoms with Gasteiger partial charge in [0.1, 0.15) is 5.78 Å². The molecule has 0 aliphatic heterocycles. The molecular weight excluding hydrogens is 265 g/mol. The molecule has 0 aromatic rings. The van der Waals surface area contributed by atoms with Crippen LogP contribution in [0.5, 0.6) is 0 Å². The third-order valence-electron chi connectivity index (χ3n) is 2.70. The number of nitrogens with zero attached hydrogens (tertiary/aromatic N) is 1. The van der Waals surface area contributed by atoms with Crippen LogP contribution in [-0.2, 0) is 18.8 Å². The quantitative estimate of drug-likeness (QED) is 0.475. The molecule has 0 saturated carbocycles. The fraction of sp³-hybridized carbons (Fsp3) is 1.00. The summed E-state index contributed by atoms with van der Waals surface area (Å²) in [5, 5.41) is 13.2. The molecule has 0 aliphatic rings. The Bertz CT molecular complexity index is 281. The first-order valence-corrected chi connectivity index (χ1v) is 8.66. The summed E-state index contributed by atoms with van der Waals surface area (Å²) in [6.07, 6.45) is 1.69. The van der Waals surface area contributed by atoms with Crippen LogP contribution in [0.1, 0.15) is 54.4 Å². The summed E-state index contributed by atoms with van der Waals surface area (Å²) in [4.78, 5) is 0. The monoisotopic (exact) mass is 294 g/mol. The molecule has 1 unspecified atom stereocenters. The summed E-state index contributed by atoms with van der Waals surface area (Å²) in [6.45, 7) is 12.1. The van der Waals surface area contributed by atoms with E-state index in [0.717, 1.165) is 17.9 Å². The first-order chi connectivity index (χ1) is 8.72. The minimum absolute atomic E-state index is 0.269. The summed E-state index contributed by atoms with van der Waals surface area (Å²) < 4.78 is 23.6. The standard InChI is InChI=1S/C13H29NO4P/c1-7-10-11-14(15)12(13(4,5)6)19(16,17-8-2)18-9-3/h12H,7-11H2,1-6H3. The predicted octanol–water partition coefficient (Wildman–Crippen LogP) is 4.07. The van der Waals surface area contributed by atoms with Crippen LogP contribution in [0, 0.1) is 5.41 Å². The highest BCUT2D eigenvalue weighted by atomic mass is 31.2. The Labute approximate surface area is 117 Å². The van der Waals surface area contributed by atoms with E-state index in [1.165, 1.54) is 0 Å². The van der Waals surface area contributed by atoms with Gasteiger partial charge in [-0.15, -0.1) is 10.3 Å². The number of hydroxylamine groups is 2. The molecule has 0 N–H and O–H groups in total. The highest BCUT2D eigenvalue weighted by Crippen LogP contribution is 2.59. The number of hydrogen-bond acceptors (Lipinski definition) is 4. The van der Waals surface area contributed by atoms with E-state index in [2.05, 4.69) is 0 Å². The first kappa shape index (κ1) is 19.1. The van der Waals surface area contributed by atoms with Crippen molar-refractivity contribution in [1.82, 2.24) is 5.06 Å². The van der Waals surface area contributed by atoms with Crippen molar-refractivity contribution in [3.63, 3.8) is 0 Å². The molecule has 0 aliphatic carbocycles. The van der Waals surface area contributed by atoms with Crippen LogP contribution >= 0.6 is 7.60 Å². The van der Waals surface area contributed by atoms with E-state index >= 15 is 0 Å². The molecule has 0 spiro atoms. The van der Waals surface area contributed by atoms with Gasteiger partial charge >= 0.3 is 7.60 Å². The molecule has 115 valence electrons. The summed E-state index contributed by atoms with van der Waals surface area (Å²) in [6, 6.07) is 0. The van der Waals surface area contributed by atoms with Crippen LogP contribution in [0.4, 0.5) is 0 Å². The second kappa shape index (κ2) is 8.38. The lowest BCUT2D eigenvalue weighted by Crippen LogP contribution is -2.42. The van der Waals surface area contributed by atoms with Crippen LogP contribution in [0.3, 0.4) is 0 Å². The highest BCUT2D eigenvalue weighted by Gasteiger charge is 2.47. The van der Waals surface area contributed by atoms with Gasteiger partial charge in [0.2, 0.25) is 0 Å². The van der Waals surface area contributed by atoms with E-state index in [0.29, 0.717) is 6.54 Å². The maximum atomic E-state index is 12.9. The van der Waals surface area contributed by atoms with E-state index in [1.807, 2.05) is 27.7 Å². The molecule has 1 radical (unpaired) electrons. The van der Waals surface area contributed by atoms with Gasteiger partial charge in [-0.25, -0.2) is 0 Å². The van der Waals surface area contributed by atoms with Crippen molar-refractivity contribution in [2.24, 2.45) is 5.41 Å². The Kier molecular flexibility index (Phi) is 8.41. The SMILES string of the molecule is CCCCN([O])C(C(C)(C)C)P(=O)(OCC)OCC. The minimum Gasteiger partial charge on any atom is -0.308 e. The summed E-state index contributed by atoms with van der Waals surface area (Å²) >= 11 is 0. The second-order valence-electron chi connectivity index (χ2n) is 5.61. The molecule has 0 rings (SSSR count). The van der Waals surface area contributed by atoms with Crippen LogP contribution in [-0.4, -0.2) is 30.6 Å². The number of hydrogen-bond donors (Lipinski definition) is 0. The zero-order chi connectivity index (χ0) is 15.1. The first-order valence-electron chi connectivity index (χ1n) is 7.05. The Hall–Kier alpha value is 0.0700. The van der Waals surface area contributed by atoms with E-state index in [1.54, 1.807) is 13.8 Å². The molecule has 0 fully saturated rings. The second-order valence-corrected chi connectivity index (χ2v) is 7.69. The largest absolute Gasteiger partial charge is 0.350 e. The Balaban J connectivity index is 5.25.